The molecule has 116 valence electrons. The average Bonchev–Trinajstić information content (AvgIpc) is 2.47. The molecule has 8 heteroatoms. The first kappa shape index (κ1) is 16.8. The first-order chi connectivity index (χ1) is 10.3. The lowest BCUT2D eigenvalue weighted by atomic mass is 10.2. The van der Waals surface area contributed by atoms with Crippen LogP contribution in [-0.4, -0.2) is 14.3 Å². The molecule has 0 atom stereocenters. The molecule has 0 fully saturated rings. The summed E-state index contributed by atoms with van der Waals surface area (Å²) in [6.07, 6.45) is 0. The highest BCUT2D eigenvalue weighted by Gasteiger charge is 2.09. The Morgan fingerprint density at radius 2 is 1.68 bits per heavy atom. The Hall–Kier alpha value is -1.60. The fourth-order valence-corrected chi connectivity index (χ4v) is 2.53. The van der Waals surface area contributed by atoms with Crippen LogP contribution in [0.15, 0.2) is 47.4 Å². The maximum absolute atomic E-state index is 12.0. The van der Waals surface area contributed by atoms with Crippen LogP contribution in [0.1, 0.15) is 15.9 Å². The molecule has 2 aromatic rings. The van der Waals surface area contributed by atoms with Crippen LogP contribution in [0.5, 0.6) is 0 Å². The van der Waals surface area contributed by atoms with Crippen molar-refractivity contribution in [3.63, 3.8) is 0 Å². The monoisotopic (exact) mass is 358 g/mol. The van der Waals surface area contributed by atoms with Crippen molar-refractivity contribution in [2.45, 2.75) is 11.4 Å². The first-order valence-electron chi connectivity index (χ1n) is 6.12. The molecule has 2 aromatic carbocycles. The van der Waals surface area contributed by atoms with Crippen LogP contribution in [-0.2, 0) is 16.6 Å². The summed E-state index contributed by atoms with van der Waals surface area (Å²) in [6.45, 7) is 0.240. The van der Waals surface area contributed by atoms with Gasteiger partial charge in [-0.25, -0.2) is 13.6 Å². The first-order valence-corrected chi connectivity index (χ1v) is 8.42. The molecule has 0 unspecified atom stereocenters. The molecule has 5 nitrogen and oxygen atoms in total. The van der Waals surface area contributed by atoms with Gasteiger partial charge >= 0.3 is 0 Å². The zero-order valence-electron chi connectivity index (χ0n) is 11.2. The average molecular weight is 359 g/mol. The number of hydrogen-bond donors (Lipinski definition) is 2. The molecule has 2 rings (SSSR count). The van der Waals surface area contributed by atoms with Crippen LogP contribution in [0.25, 0.3) is 0 Å². The Kier molecular flexibility index (Phi) is 5.08. The van der Waals surface area contributed by atoms with Gasteiger partial charge in [0.2, 0.25) is 10.0 Å². The van der Waals surface area contributed by atoms with Crippen LogP contribution in [0.2, 0.25) is 10.0 Å². The number of benzene rings is 2. The third kappa shape index (κ3) is 4.20. The van der Waals surface area contributed by atoms with Crippen molar-refractivity contribution in [3.05, 3.63) is 63.6 Å². The van der Waals surface area contributed by atoms with E-state index in [0.29, 0.717) is 15.6 Å². The summed E-state index contributed by atoms with van der Waals surface area (Å²) < 4.78 is 22.3. The summed E-state index contributed by atoms with van der Waals surface area (Å²) in [7, 11) is -3.72. The number of nitrogens with two attached hydrogens (primary N) is 1. The highest BCUT2D eigenvalue weighted by molar-refractivity contribution is 7.89. The predicted molar refractivity (Wildman–Crippen MR) is 85.4 cm³/mol. The molecule has 0 radical (unpaired) electrons. The SMILES string of the molecule is NS(=O)(=O)c1ccc(CNC(=O)c2ccc(Cl)c(Cl)c2)cc1. The summed E-state index contributed by atoms with van der Waals surface area (Å²) in [5.74, 6) is -0.311. The number of carbonyl (C=O) groups is 1. The molecule has 0 saturated carbocycles. The normalized spacial score (nSPS) is 11.2. The van der Waals surface area contributed by atoms with E-state index in [4.69, 9.17) is 28.3 Å². The molecule has 0 spiro atoms. The zero-order chi connectivity index (χ0) is 16.3. The van der Waals surface area contributed by atoms with Gasteiger partial charge in [0.25, 0.3) is 5.91 Å². The highest BCUT2D eigenvalue weighted by Crippen LogP contribution is 2.22. The van der Waals surface area contributed by atoms with Crippen molar-refractivity contribution in [1.29, 1.82) is 0 Å². The minimum absolute atomic E-state index is 0.0204. The van der Waals surface area contributed by atoms with E-state index >= 15 is 0 Å². The summed E-state index contributed by atoms with van der Waals surface area (Å²) in [5.41, 5.74) is 1.12. The standard InChI is InChI=1S/C14H12Cl2N2O3S/c15-12-6-3-10(7-13(12)16)14(19)18-8-9-1-4-11(5-2-9)22(17,20)21/h1-7H,8H2,(H,18,19)(H2,17,20,21). The van der Waals surface area contributed by atoms with Crippen LogP contribution in [0.3, 0.4) is 0 Å². The van der Waals surface area contributed by atoms with E-state index in [-0.39, 0.29) is 17.3 Å². The molecule has 0 aromatic heterocycles. The van der Waals surface area contributed by atoms with Crippen molar-refractivity contribution in [3.8, 4) is 0 Å². The van der Waals surface area contributed by atoms with Crippen LogP contribution >= 0.6 is 23.2 Å². The molecule has 0 aliphatic rings. The molecule has 0 aliphatic heterocycles. The number of primary sulfonamides is 1. The Morgan fingerprint density at radius 3 is 2.23 bits per heavy atom. The van der Waals surface area contributed by atoms with Crippen LogP contribution < -0.4 is 10.5 Å². The highest BCUT2D eigenvalue weighted by atomic mass is 35.5. The van der Waals surface area contributed by atoms with Crippen molar-refractivity contribution in [2.24, 2.45) is 5.14 Å². The molecule has 0 saturated heterocycles. The molecular formula is C14H12Cl2N2O3S. The van der Waals surface area contributed by atoms with Gasteiger partial charge in [0, 0.05) is 12.1 Å². The van der Waals surface area contributed by atoms with E-state index in [0.717, 1.165) is 5.56 Å². The van der Waals surface area contributed by atoms with E-state index in [1.807, 2.05) is 0 Å². The summed E-state index contributed by atoms with van der Waals surface area (Å²) in [4.78, 5) is 12.0. The lowest BCUT2D eigenvalue weighted by molar-refractivity contribution is 0.0951. The second-order valence-electron chi connectivity index (χ2n) is 4.50. The van der Waals surface area contributed by atoms with Gasteiger partial charge in [0.15, 0.2) is 0 Å². The fraction of sp³-hybridized carbons (Fsp3) is 0.0714. The summed E-state index contributed by atoms with van der Waals surface area (Å²) >= 11 is 11.6. The van der Waals surface area contributed by atoms with Gasteiger partial charge in [0.05, 0.1) is 14.9 Å². The van der Waals surface area contributed by atoms with Crippen LogP contribution in [0.4, 0.5) is 0 Å². The van der Waals surface area contributed by atoms with Crippen molar-refractivity contribution < 1.29 is 13.2 Å². The molecule has 0 bridgehead atoms. The van der Waals surface area contributed by atoms with E-state index < -0.39 is 10.0 Å². The second-order valence-corrected chi connectivity index (χ2v) is 6.88. The van der Waals surface area contributed by atoms with Gasteiger partial charge in [-0.3, -0.25) is 4.79 Å². The Bertz CT molecular complexity index is 805. The quantitative estimate of drug-likeness (QED) is 0.879. The number of rotatable bonds is 4. The minimum atomic E-state index is -3.72. The minimum Gasteiger partial charge on any atom is -0.348 e. The molecule has 0 heterocycles. The molecule has 0 aliphatic carbocycles. The third-order valence-electron chi connectivity index (χ3n) is 2.89. The molecule has 1 amide bonds. The number of carbonyl (C=O) groups excluding carboxylic acids is 1. The molecular weight excluding hydrogens is 347 g/mol. The van der Waals surface area contributed by atoms with Gasteiger partial charge in [0.1, 0.15) is 0 Å². The van der Waals surface area contributed by atoms with E-state index in [2.05, 4.69) is 5.32 Å². The second kappa shape index (κ2) is 6.66. The largest absolute Gasteiger partial charge is 0.348 e. The predicted octanol–water partition coefficient (Wildman–Crippen LogP) is 2.57. The molecule has 22 heavy (non-hydrogen) atoms. The number of hydrogen-bond acceptors (Lipinski definition) is 3. The van der Waals surface area contributed by atoms with Gasteiger partial charge in [-0.05, 0) is 35.9 Å². The van der Waals surface area contributed by atoms with Crippen molar-refractivity contribution in [2.75, 3.05) is 0 Å². The summed E-state index contributed by atoms with van der Waals surface area (Å²) in [6, 6.07) is 10.5. The lowest BCUT2D eigenvalue weighted by Crippen LogP contribution is -2.22. The van der Waals surface area contributed by atoms with Gasteiger partial charge in [-0.2, -0.15) is 0 Å². The van der Waals surface area contributed by atoms with E-state index in [1.165, 1.54) is 18.2 Å². The van der Waals surface area contributed by atoms with E-state index in [9.17, 15) is 13.2 Å². The maximum atomic E-state index is 12.0. The lowest BCUT2D eigenvalue weighted by Gasteiger charge is -2.07. The zero-order valence-corrected chi connectivity index (χ0v) is 13.5. The summed E-state index contributed by atoms with van der Waals surface area (Å²) in [5, 5.41) is 8.38. The fourth-order valence-electron chi connectivity index (χ4n) is 1.72. The maximum Gasteiger partial charge on any atom is 0.251 e. The van der Waals surface area contributed by atoms with Crippen LogP contribution in [0, 0.1) is 0 Å². The number of amides is 1. The van der Waals surface area contributed by atoms with Crippen molar-refractivity contribution >= 4 is 39.1 Å². The number of nitrogens with one attached hydrogen (secondary N) is 1. The Labute approximate surface area is 138 Å². The third-order valence-corrected chi connectivity index (χ3v) is 4.56. The van der Waals surface area contributed by atoms with Crippen molar-refractivity contribution in [1.82, 2.24) is 5.32 Å². The smallest absolute Gasteiger partial charge is 0.251 e. The van der Waals surface area contributed by atoms with Gasteiger partial charge in [-0.1, -0.05) is 35.3 Å². The number of sulfonamides is 1. The van der Waals surface area contributed by atoms with Gasteiger partial charge in [-0.15, -0.1) is 0 Å². The van der Waals surface area contributed by atoms with E-state index in [1.54, 1.807) is 24.3 Å². The topological polar surface area (TPSA) is 89.3 Å². The van der Waals surface area contributed by atoms with Gasteiger partial charge < -0.3 is 5.32 Å². The molecule has 3 N–H and O–H groups in total. The Balaban J connectivity index is 2.03. The Morgan fingerprint density at radius 1 is 1.05 bits per heavy atom. The number of halogens is 2.